The molecule has 0 spiro atoms. The molecule has 0 aromatic heterocycles. The molecule has 0 aliphatic rings. The molecule has 0 atom stereocenters. The Labute approximate surface area is 85.9 Å². The van der Waals surface area contributed by atoms with Crippen molar-refractivity contribution in [1.82, 2.24) is 4.72 Å². The van der Waals surface area contributed by atoms with Crippen LogP contribution in [-0.4, -0.2) is 33.2 Å². The van der Waals surface area contributed by atoms with Crippen molar-refractivity contribution in [3.63, 3.8) is 0 Å². The molecule has 0 unspecified atom stereocenters. The maximum absolute atomic E-state index is 11.3. The Morgan fingerprint density at radius 3 is 1.71 bits per heavy atom. The van der Waals surface area contributed by atoms with E-state index in [1.807, 2.05) is 0 Å². The summed E-state index contributed by atoms with van der Waals surface area (Å²) < 4.78 is 47.4. The minimum Gasteiger partial charge on any atom is -0.227 e. The van der Waals surface area contributed by atoms with Gasteiger partial charge in [0.05, 0.1) is 5.25 Å². The van der Waals surface area contributed by atoms with E-state index in [2.05, 4.69) is 4.72 Å². The van der Waals surface area contributed by atoms with Gasteiger partial charge in [-0.2, -0.15) is 0 Å². The highest BCUT2D eigenvalue weighted by molar-refractivity contribution is 8.07. The van der Waals surface area contributed by atoms with Crippen LogP contribution in [0.25, 0.3) is 0 Å². The number of hydrogen-bond donors (Lipinski definition) is 1. The van der Waals surface area contributed by atoms with Gasteiger partial charge < -0.3 is 0 Å². The smallest absolute Gasteiger partial charge is 0.226 e. The van der Waals surface area contributed by atoms with E-state index < -0.39 is 30.2 Å². The summed E-state index contributed by atoms with van der Waals surface area (Å²) in [6, 6.07) is -0.289. The van der Waals surface area contributed by atoms with Crippen molar-refractivity contribution in [2.75, 3.05) is 5.08 Å². The molecule has 14 heavy (non-hydrogen) atoms. The van der Waals surface area contributed by atoms with E-state index in [4.69, 9.17) is 0 Å². The van der Waals surface area contributed by atoms with Gasteiger partial charge in [0.25, 0.3) is 0 Å². The Balaban J connectivity index is 4.70. The molecular formula is C7H17NO4S2. The lowest BCUT2D eigenvalue weighted by atomic mass is 10.4. The summed E-state index contributed by atoms with van der Waals surface area (Å²) in [5.74, 6) is 0. The van der Waals surface area contributed by atoms with Crippen LogP contribution in [0.15, 0.2) is 0 Å². The molecule has 0 bridgehead atoms. The quantitative estimate of drug-likeness (QED) is 0.742. The van der Waals surface area contributed by atoms with Crippen LogP contribution in [0.3, 0.4) is 0 Å². The summed E-state index contributed by atoms with van der Waals surface area (Å²) in [7, 11) is -7.27. The Morgan fingerprint density at radius 2 is 1.43 bits per heavy atom. The molecule has 0 radical (unpaired) electrons. The van der Waals surface area contributed by atoms with Crippen LogP contribution in [-0.2, 0) is 19.9 Å². The normalized spacial score (nSPS) is 13.9. The fraction of sp³-hybridized carbons (Fsp3) is 1.00. The number of sulfone groups is 1. The van der Waals surface area contributed by atoms with Gasteiger partial charge in [0.2, 0.25) is 10.0 Å². The molecule has 0 saturated heterocycles. The van der Waals surface area contributed by atoms with E-state index in [0.717, 1.165) is 0 Å². The molecule has 0 heterocycles. The molecule has 0 rings (SSSR count). The van der Waals surface area contributed by atoms with E-state index in [0.29, 0.717) is 0 Å². The highest BCUT2D eigenvalue weighted by Crippen LogP contribution is 2.04. The number of nitrogens with one attached hydrogen (secondary N) is 1. The lowest BCUT2D eigenvalue weighted by molar-refractivity contribution is 0.568. The second-order valence-corrected chi connectivity index (χ2v) is 8.39. The summed E-state index contributed by atoms with van der Waals surface area (Å²) in [5, 5.41) is -1.51. The third-order valence-corrected chi connectivity index (χ3v) is 6.28. The van der Waals surface area contributed by atoms with Gasteiger partial charge in [0.15, 0.2) is 14.9 Å². The minimum absolute atomic E-state index is 0.289. The van der Waals surface area contributed by atoms with Crippen LogP contribution in [0.1, 0.15) is 27.7 Å². The average Bonchev–Trinajstić information content (AvgIpc) is 1.79. The van der Waals surface area contributed by atoms with Gasteiger partial charge in [-0.15, -0.1) is 0 Å². The van der Waals surface area contributed by atoms with Crippen molar-refractivity contribution in [1.29, 1.82) is 0 Å². The second-order valence-electron chi connectivity index (χ2n) is 3.72. The molecule has 0 aromatic carbocycles. The average molecular weight is 243 g/mol. The molecule has 1 N–H and O–H groups in total. The first-order valence-corrected chi connectivity index (χ1v) is 7.65. The minimum atomic E-state index is -3.72. The van der Waals surface area contributed by atoms with Crippen molar-refractivity contribution >= 4 is 19.9 Å². The molecule has 0 aromatic rings. The molecule has 7 heteroatoms. The van der Waals surface area contributed by atoms with Gasteiger partial charge in [0, 0.05) is 6.04 Å². The van der Waals surface area contributed by atoms with Crippen molar-refractivity contribution < 1.29 is 16.8 Å². The molecule has 0 aliphatic heterocycles. The zero-order chi connectivity index (χ0) is 11.6. The van der Waals surface area contributed by atoms with Crippen LogP contribution in [0.5, 0.6) is 0 Å². The van der Waals surface area contributed by atoms with Gasteiger partial charge in [0.1, 0.15) is 0 Å². The van der Waals surface area contributed by atoms with Crippen LogP contribution in [0, 0.1) is 0 Å². The van der Waals surface area contributed by atoms with E-state index in [1.165, 1.54) is 13.8 Å². The number of hydrogen-bond acceptors (Lipinski definition) is 4. The zero-order valence-corrected chi connectivity index (χ0v) is 10.4. The third kappa shape index (κ3) is 4.92. The van der Waals surface area contributed by atoms with E-state index in [9.17, 15) is 16.8 Å². The first-order chi connectivity index (χ1) is 6.07. The first kappa shape index (κ1) is 13.9. The zero-order valence-electron chi connectivity index (χ0n) is 8.81. The molecule has 0 amide bonds. The van der Waals surface area contributed by atoms with Gasteiger partial charge in [-0.3, -0.25) is 0 Å². The van der Waals surface area contributed by atoms with Crippen molar-refractivity contribution in [3.05, 3.63) is 0 Å². The Bertz CT molecular complexity index is 366. The van der Waals surface area contributed by atoms with Crippen LogP contribution < -0.4 is 4.72 Å². The predicted octanol–water partition coefficient (Wildman–Crippen LogP) is 0.0949. The summed E-state index contributed by atoms with van der Waals surface area (Å²) in [6.45, 7) is 6.19. The van der Waals surface area contributed by atoms with E-state index in [-0.39, 0.29) is 6.04 Å². The number of sulfonamides is 1. The Kier molecular flexibility index (Phi) is 4.54. The predicted molar refractivity (Wildman–Crippen MR) is 56.1 cm³/mol. The first-order valence-electron chi connectivity index (χ1n) is 4.28. The summed E-state index contributed by atoms with van der Waals surface area (Å²) >= 11 is 0. The van der Waals surface area contributed by atoms with Crippen LogP contribution in [0.4, 0.5) is 0 Å². The van der Waals surface area contributed by atoms with Gasteiger partial charge in [-0.1, -0.05) is 0 Å². The highest BCUT2D eigenvalue weighted by Gasteiger charge is 2.25. The monoisotopic (exact) mass is 243 g/mol. The summed E-state index contributed by atoms with van der Waals surface area (Å²) in [6.07, 6.45) is 0. The Morgan fingerprint density at radius 1 is 1.00 bits per heavy atom. The maximum Gasteiger partial charge on any atom is 0.226 e. The fourth-order valence-electron chi connectivity index (χ4n) is 0.745. The van der Waals surface area contributed by atoms with Gasteiger partial charge in [-0.05, 0) is 27.7 Å². The second kappa shape index (κ2) is 4.59. The van der Waals surface area contributed by atoms with Gasteiger partial charge in [-0.25, -0.2) is 21.6 Å². The van der Waals surface area contributed by atoms with Gasteiger partial charge >= 0.3 is 0 Å². The maximum atomic E-state index is 11.3. The van der Waals surface area contributed by atoms with Crippen LogP contribution >= 0.6 is 0 Å². The summed E-state index contributed by atoms with van der Waals surface area (Å²) in [5.41, 5.74) is 0. The van der Waals surface area contributed by atoms with Crippen molar-refractivity contribution in [3.8, 4) is 0 Å². The lowest BCUT2D eigenvalue weighted by Gasteiger charge is -2.11. The molecular weight excluding hydrogens is 226 g/mol. The SMILES string of the molecule is CC(C)NS(=O)(=O)CS(=O)(=O)C(C)C. The van der Waals surface area contributed by atoms with E-state index >= 15 is 0 Å². The van der Waals surface area contributed by atoms with Crippen molar-refractivity contribution in [2.45, 2.75) is 39.0 Å². The molecule has 0 fully saturated rings. The molecule has 0 saturated carbocycles. The standard InChI is InChI=1S/C7H17NO4S2/c1-6(2)8-14(11,12)5-13(9,10)7(3)4/h6-8H,5H2,1-4H3. The van der Waals surface area contributed by atoms with Crippen LogP contribution in [0.2, 0.25) is 0 Å². The summed E-state index contributed by atoms with van der Waals surface area (Å²) in [4.78, 5) is 0. The topological polar surface area (TPSA) is 80.3 Å². The van der Waals surface area contributed by atoms with Crippen molar-refractivity contribution in [2.24, 2.45) is 0 Å². The Hall–Kier alpha value is -0.140. The third-order valence-electron chi connectivity index (χ3n) is 1.45. The fourth-order valence-corrected chi connectivity index (χ4v) is 4.55. The molecule has 5 nitrogen and oxygen atoms in total. The van der Waals surface area contributed by atoms with E-state index in [1.54, 1.807) is 13.8 Å². The largest absolute Gasteiger partial charge is 0.227 e. The molecule has 0 aliphatic carbocycles. The lowest BCUT2D eigenvalue weighted by Crippen LogP contribution is -2.36. The molecule has 86 valence electrons. The highest BCUT2D eigenvalue weighted by atomic mass is 32.3. The number of rotatable bonds is 5.